The van der Waals surface area contributed by atoms with Crippen molar-refractivity contribution in [1.82, 2.24) is 4.98 Å². The fraction of sp³-hybridized carbons (Fsp3) is 0.111. The van der Waals surface area contributed by atoms with E-state index in [9.17, 15) is 9.59 Å². The molecule has 132 valence electrons. The van der Waals surface area contributed by atoms with Crippen molar-refractivity contribution in [2.24, 2.45) is 0 Å². The summed E-state index contributed by atoms with van der Waals surface area (Å²) in [5, 5.41) is 3.48. The van der Waals surface area contributed by atoms with Crippen molar-refractivity contribution < 1.29 is 23.8 Å². The van der Waals surface area contributed by atoms with Crippen LogP contribution in [-0.2, 0) is 4.74 Å². The average molecular weight is 417 g/mol. The zero-order valence-corrected chi connectivity index (χ0v) is 15.2. The molecule has 0 saturated heterocycles. The number of aromatic nitrogens is 1. The molecule has 1 aliphatic rings. The predicted octanol–water partition coefficient (Wildman–Crippen LogP) is 3.70. The van der Waals surface area contributed by atoms with Crippen LogP contribution in [0.15, 0.2) is 40.9 Å². The summed E-state index contributed by atoms with van der Waals surface area (Å²) in [7, 11) is 1.28. The first-order valence-electron chi connectivity index (χ1n) is 7.67. The summed E-state index contributed by atoms with van der Waals surface area (Å²) < 4.78 is 16.2. The maximum Gasteiger partial charge on any atom is 0.356 e. The molecule has 4 rings (SSSR count). The van der Waals surface area contributed by atoms with E-state index in [1.54, 1.807) is 18.2 Å². The molecule has 0 saturated carbocycles. The van der Waals surface area contributed by atoms with Gasteiger partial charge in [-0.25, -0.2) is 4.79 Å². The number of carbonyl (C=O) groups excluding carboxylic acids is 2. The van der Waals surface area contributed by atoms with Crippen molar-refractivity contribution in [3.63, 3.8) is 0 Å². The van der Waals surface area contributed by atoms with E-state index in [1.807, 2.05) is 18.2 Å². The molecule has 7 nitrogen and oxygen atoms in total. The Labute approximate surface area is 156 Å². The number of rotatable bonds is 3. The van der Waals surface area contributed by atoms with Gasteiger partial charge in [-0.2, -0.15) is 0 Å². The SMILES string of the molecule is COC(=O)c1[nH]c2ccc(Br)cc2c1NC(=O)c1ccc2c(c1)OCO2. The van der Waals surface area contributed by atoms with Crippen molar-refractivity contribution in [3.05, 3.63) is 52.1 Å². The smallest absolute Gasteiger partial charge is 0.356 e. The Balaban J connectivity index is 1.74. The Hall–Kier alpha value is -3.00. The van der Waals surface area contributed by atoms with E-state index >= 15 is 0 Å². The summed E-state index contributed by atoms with van der Waals surface area (Å²) in [4.78, 5) is 27.8. The van der Waals surface area contributed by atoms with Crippen molar-refractivity contribution in [2.75, 3.05) is 19.2 Å². The van der Waals surface area contributed by atoms with E-state index < -0.39 is 5.97 Å². The Kier molecular flexibility index (Phi) is 4.04. The van der Waals surface area contributed by atoms with Gasteiger partial charge in [-0.15, -0.1) is 0 Å². The molecule has 1 amide bonds. The summed E-state index contributed by atoms with van der Waals surface area (Å²) in [6, 6.07) is 10.4. The molecule has 0 bridgehead atoms. The van der Waals surface area contributed by atoms with Crippen molar-refractivity contribution in [2.45, 2.75) is 0 Å². The maximum absolute atomic E-state index is 12.7. The van der Waals surface area contributed by atoms with E-state index in [1.165, 1.54) is 7.11 Å². The lowest BCUT2D eigenvalue weighted by Crippen LogP contribution is -2.15. The highest BCUT2D eigenvalue weighted by Crippen LogP contribution is 2.34. The van der Waals surface area contributed by atoms with Crippen LogP contribution < -0.4 is 14.8 Å². The van der Waals surface area contributed by atoms with Gasteiger partial charge in [0.25, 0.3) is 5.91 Å². The highest BCUT2D eigenvalue weighted by atomic mass is 79.9. The molecule has 2 N–H and O–H groups in total. The third-order valence-corrected chi connectivity index (χ3v) is 4.52. The Morgan fingerprint density at radius 2 is 1.96 bits per heavy atom. The van der Waals surface area contributed by atoms with Crippen LogP contribution in [0.3, 0.4) is 0 Å². The van der Waals surface area contributed by atoms with Crippen LogP contribution in [0.1, 0.15) is 20.8 Å². The van der Waals surface area contributed by atoms with Crippen LogP contribution in [0, 0.1) is 0 Å². The van der Waals surface area contributed by atoms with Gasteiger partial charge in [0.05, 0.1) is 12.8 Å². The van der Waals surface area contributed by atoms with Gasteiger partial charge < -0.3 is 24.5 Å². The molecular formula is C18H13BrN2O5. The van der Waals surface area contributed by atoms with Gasteiger partial charge in [-0.3, -0.25) is 4.79 Å². The van der Waals surface area contributed by atoms with Crippen LogP contribution in [0.2, 0.25) is 0 Å². The number of carbonyl (C=O) groups is 2. The largest absolute Gasteiger partial charge is 0.464 e. The lowest BCUT2D eigenvalue weighted by Gasteiger charge is -2.07. The summed E-state index contributed by atoms with van der Waals surface area (Å²) >= 11 is 3.40. The van der Waals surface area contributed by atoms with Gasteiger partial charge >= 0.3 is 5.97 Å². The molecule has 0 spiro atoms. The molecular weight excluding hydrogens is 404 g/mol. The van der Waals surface area contributed by atoms with Crippen molar-refractivity contribution >= 4 is 44.4 Å². The molecule has 0 radical (unpaired) electrons. The molecule has 0 atom stereocenters. The quantitative estimate of drug-likeness (QED) is 0.635. The maximum atomic E-state index is 12.7. The normalized spacial score (nSPS) is 12.2. The molecule has 1 aliphatic heterocycles. The predicted molar refractivity (Wildman–Crippen MR) is 97.9 cm³/mol. The van der Waals surface area contributed by atoms with Gasteiger partial charge in [0.2, 0.25) is 6.79 Å². The summed E-state index contributed by atoms with van der Waals surface area (Å²) in [5.41, 5.74) is 1.62. The third kappa shape index (κ3) is 2.78. The van der Waals surface area contributed by atoms with Crippen molar-refractivity contribution in [3.8, 4) is 11.5 Å². The molecule has 8 heteroatoms. The lowest BCUT2D eigenvalue weighted by atomic mass is 10.1. The number of hydrogen-bond donors (Lipinski definition) is 2. The van der Waals surface area contributed by atoms with E-state index in [2.05, 4.69) is 26.2 Å². The second-order valence-corrected chi connectivity index (χ2v) is 6.49. The minimum atomic E-state index is -0.571. The first-order chi connectivity index (χ1) is 12.6. The molecule has 2 heterocycles. The first kappa shape index (κ1) is 16.5. The van der Waals surface area contributed by atoms with E-state index in [0.29, 0.717) is 33.7 Å². The lowest BCUT2D eigenvalue weighted by molar-refractivity contribution is 0.0596. The second-order valence-electron chi connectivity index (χ2n) is 5.58. The zero-order valence-electron chi connectivity index (χ0n) is 13.6. The van der Waals surface area contributed by atoms with E-state index in [4.69, 9.17) is 14.2 Å². The second kappa shape index (κ2) is 6.38. The standard InChI is InChI=1S/C18H13BrN2O5/c1-24-18(23)16-15(11-7-10(19)3-4-12(11)20-16)21-17(22)9-2-5-13-14(6-9)26-8-25-13/h2-7,20H,8H2,1H3,(H,21,22). The van der Waals surface area contributed by atoms with Crippen LogP contribution in [0.4, 0.5) is 5.69 Å². The van der Waals surface area contributed by atoms with Crippen LogP contribution in [0.25, 0.3) is 10.9 Å². The highest BCUT2D eigenvalue weighted by molar-refractivity contribution is 9.10. The topological polar surface area (TPSA) is 89.7 Å². The van der Waals surface area contributed by atoms with Crippen LogP contribution in [0.5, 0.6) is 11.5 Å². The Bertz CT molecular complexity index is 1040. The number of H-pyrrole nitrogens is 1. The highest BCUT2D eigenvalue weighted by Gasteiger charge is 2.22. The number of methoxy groups -OCH3 is 1. The molecule has 0 fully saturated rings. The van der Waals surface area contributed by atoms with E-state index in [-0.39, 0.29) is 18.4 Å². The van der Waals surface area contributed by atoms with Crippen molar-refractivity contribution in [1.29, 1.82) is 0 Å². The number of hydrogen-bond acceptors (Lipinski definition) is 5. The number of aromatic amines is 1. The molecule has 0 unspecified atom stereocenters. The first-order valence-corrected chi connectivity index (χ1v) is 8.46. The summed E-state index contributed by atoms with van der Waals surface area (Å²) in [6.45, 7) is 0.128. The summed E-state index contributed by atoms with van der Waals surface area (Å²) in [5.74, 6) is 0.146. The zero-order chi connectivity index (χ0) is 18.3. The number of halogens is 1. The fourth-order valence-electron chi connectivity index (χ4n) is 2.77. The number of fused-ring (bicyclic) bond motifs is 2. The fourth-order valence-corrected chi connectivity index (χ4v) is 3.13. The Morgan fingerprint density at radius 3 is 2.77 bits per heavy atom. The molecule has 0 aliphatic carbocycles. The Morgan fingerprint density at radius 1 is 1.15 bits per heavy atom. The molecule has 1 aromatic heterocycles. The molecule has 3 aromatic rings. The number of ether oxygens (including phenoxy) is 3. The molecule has 26 heavy (non-hydrogen) atoms. The molecule has 2 aromatic carbocycles. The minimum Gasteiger partial charge on any atom is -0.464 e. The third-order valence-electron chi connectivity index (χ3n) is 4.02. The monoisotopic (exact) mass is 416 g/mol. The van der Waals surface area contributed by atoms with E-state index in [0.717, 1.165) is 4.47 Å². The summed E-state index contributed by atoms with van der Waals surface area (Å²) in [6.07, 6.45) is 0. The number of nitrogens with one attached hydrogen (secondary N) is 2. The van der Waals surface area contributed by atoms with Gasteiger partial charge in [-0.05, 0) is 36.4 Å². The van der Waals surface area contributed by atoms with Gasteiger partial charge in [0, 0.05) is 20.9 Å². The van der Waals surface area contributed by atoms with Crippen LogP contribution in [-0.4, -0.2) is 30.8 Å². The number of anilines is 1. The number of amides is 1. The van der Waals surface area contributed by atoms with Gasteiger partial charge in [0.15, 0.2) is 11.5 Å². The number of benzene rings is 2. The number of esters is 1. The average Bonchev–Trinajstić information content (AvgIpc) is 3.25. The van der Waals surface area contributed by atoms with Gasteiger partial charge in [0.1, 0.15) is 5.69 Å². The van der Waals surface area contributed by atoms with Crippen LogP contribution >= 0.6 is 15.9 Å². The van der Waals surface area contributed by atoms with Gasteiger partial charge in [-0.1, -0.05) is 15.9 Å². The minimum absolute atomic E-state index is 0.128.